The lowest BCUT2D eigenvalue weighted by molar-refractivity contribution is 0.0945. The van der Waals surface area contributed by atoms with Crippen LogP contribution in [0.15, 0.2) is 60.8 Å². The fourth-order valence-corrected chi connectivity index (χ4v) is 2.91. The van der Waals surface area contributed by atoms with Gasteiger partial charge in [0.05, 0.1) is 11.9 Å². The molecule has 0 radical (unpaired) electrons. The summed E-state index contributed by atoms with van der Waals surface area (Å²) in [5.41, 5.74) is 3.35. The lowest BCUT2D eigenvalue weighted by Crippen LogP contribution is -2.23. The second kappa shape index (κ2) is 8.02. The first-order valence-electron chi connectivity index (χ1n) is 9.09. The third-order valence-corrected chi connectivity index (χ3v) is 4.44. The molecule has 1 aromatic heterocycles. The van der Waals surface area contributed by atoms with E-state index in [1.54, 1.807) is 30.5 Å². The monoisotopic (exact) mass is 389 g/mol. The van der Waals surface area contributed by atoms with Crippen molar-refractivity contribution in [2.75, 3.05) is 12.1 Å². The first-order chi connectivity index (χ1) is 14.1. The third-order valence-electron chi connectivity index (χ3n) is 4.44. The smallest absolute Gasteiger partial charge is 0.270 e. The Kier molecular flexibility index (Phi) is 5.11. The van der Waals surface area contributed by atoms with Crippen molar-refractivity contribution in [3.05, 3.63) is 77.6 Å². The van der Waals surface area contributed by atoms with Gasteiger partial charge in [0, 0.05) is 17.8 Å². The van der Waals surface area contributed by atoms with Gasteiger partial charge in [0.1, 0.15) is 5.69 Å². The summed E-state index contributed by atoms with van der Waals surface area (Å²) in [5, 5.41) is 6.01. The van der Waals surface area contributed by atoms with Crippen LogP contribution in [0.1, 0.15) is 33.3 Å². The molecule has 0 fully saturated rings. The number of ketones is 1. The Hall–Kier alpha value is -3.87. The molecule has 0 atom stereocenters. The molecular formula is C22H19N3O4. The van der Waals surface area contributed by atoms with E-state index in [-0.39, 0.29) is 18.5 Å². The number of benzene rings is 2. The van der Waals surface area contributed by atoms with Gasteiger partial charge in [-0.1, -0.05) is 18.2 Å². The maximum atomic E-state index is 12.4. The fourth-order valence-electron chi connectivity index (χ4n) is 2.91. The number of rotatable bonds is 6. The van der Waals surface area contributed by atoms with E-state index < -0.39 is 0 Å². The van der Waals surface area contributed by atoms with Gasteiger partial charge < -0.3 is 20.1 Å². The van der Waals surface area contributed by atoms with E-state index in [0.29, 0.717) is 29.3 Å². The highest BCUT2D eigenvalue weighted by atomic mass is 16.7. The number of anilines is 2. The zero-order valence-electron chi connectivity index (χ0n) is 15.8. The number of nitrogens with zero attached hydrogens (tertiary/aromatic N) is 1. The quantitative estimate of drug-likeness (QED) is 0.625. The van der Waals surface area contributed by atoms with Gasteiger partial charge in [0.2, 0.25) is 6.79 Å². The molecule has 0 spiro atoms. The Morgan fingerprint density at radius 3 is 2.66 bits per heavy atom. The predicted molar refractivity (Wildman–Crippen MR) is 108 cm³/mol. The number of pyridine rings is 1. The number of carbonyl (C=O) groups is 2. The molecule has 29 heavy (non-hydrogen) atoms. The van der Waals surface area contributed by atoms with Gasteiger partial charge in [-0.25, -0.2) is 4.98 Å². The summed E-state index contributed by atoms with van der Waals surface area (Å²) in [6, 6.07) is 16.2. The van der Waals surface area contributed by atoms with Crippen LogP contribution >= 0.6 is 0 Å². The van der Waals surface area contributed by atoms with Crippen LogP contribution in [0.4, 0.5) is 11.4 Å². The molecule has 7 nitrogen and oxygen atoms in total. The standard InChI is InChI=1S/C22H19N3O4/c1-14(26)16-3-2-4-17(10-16)25-18-6-7-19(23-12-18)22(27)24-11-15-5-8-20-21(9-15)29-13-28-20/h2-10,12,25H,11,13H2,1H3,(H,24,27). The van der Waals surface area contributed by atoms with Gasteiger partial charge >= 0.3 is 0 Å². The van der Waals surface area contributed by atoms with E-state index >= 15 is 0 Å². The molecule has 1 aliphatic heterocycles. The number of fused-ring (bicyclic) bond motifs is 1. The van der Waals surface area contributed by atoms with Gasteiger partial charge in [0.15, 0.2) is 17.3 Å². The molecule has 2 heterocycles. The Bertz CT molecular complexity index is 1060. The predicted octanol–water partition coefficient (Wildman–Crippen LogP) is 3.69. The highest BCUT2D eigenvalue weighted by molar-refractivity contribution is 5.95. The minimum absolute atomic E-state index is 0.00116. The van der Waals surface area contributed by atoms with Crippen LogP contribution in [0.25, 0.3) is 0 Å². The molecule has 146 valence electrons. The second-order valence-electron chi connectivity index (χ2n) is 6.56. The average Bonchev–Trinajstić information content (AvgIpc) is 3.20. The van der Waals surface area contributed by atoms with Crippen molar-refractivity contribution in [1.82, 2.24) is 10.3 Å². The average molecular weight is 389 g/mol. The second-order valence-corrected chi connectivity index (χ2v) is 6.56. The fraction of sp³-hybridized carbons (Fsp3) is 0.136. The maximum absolute atomic E-state index is 12.4. The Balaban J connectivity index is 1.36. The van der Waals surface area contributed by atoms with Crippen molar-refractivity contribution in [2.45, 2.75) is 13.5 Å². The van der Waals surface area contributed by atoms with Crippen LogP contribution in [-0.4, -0.2) is 23.5 Å². The highest BCUT2D eigenvalue weighted by Gasteiger charge is 2.14. The Morgan fingerprint density at radius 2 is 1.86 bits per heavy atom. The largest absolute Gasteiger partial charge is 0.454 e. The van der Waals surface area contributed by atoms with Crippen molar-refractivity contribution in [3.63, 3.8) is 0 Å². The topological polar surface area (TPSA) is 89.6 Å². The molecule has 2 aromatic carbocycles. The molecule has 0 saturated heterocycles. The van der Waals surface area contributed by atoms with Crippen LogP contribution in [0.5, 0.6) is 11.5 Å². The summed E-state index contributed by atoms with van der Waals surface area (Å²) < 4.78 is 10.6. The Labute approximate surface area is 167 Å². The zero-order valence-corrected chi connectivity index (χ0v) is 15.8. The molecule has 0 unspecified atom stereocenters. The van der Waals surface area contributed by atoms with Gasteiger partial charge in [-0.05, 0) is 48.9 Å². The van der Waals surface area contributed by atoms with E-state index in [0.717, 1.165) is 16.9 Å². The number of aromatic nitrogens is 1. The summed E-state index contributed by atoms with van der Waals surface area (Å²) in [7, 11) is 0. The summed E-state index contributed by atoms with van der Waals surface area (Å²) in [4.78, 5) is 28.1. The zero-order chi connectivity index (χ0) is 20.2. The minimum atomic E-state index is -0.271. The lowest BCUT2D eigenvalue weighted by Gasteiger charge is -2.09. The van der Waals surface area contributed by atoms with Crippen molar-refractivity contribution in [1.29, 1.82) is 0 Å². The number of carbonyl (C=O) groups excluding carboxylic acids is 2. The molecule has 2 N–H and O–H groups in total. The molecule has 1 aliphatic rings. The van der Waals surface area contributed by atoms with Crippen molar-refractivity contribution >= 4 is 23.1 Å². The molecular weight excluding hydrogens is 370 g/mol. The number of hydrogen-bond donors (Lipinski definition) is 2. The van der Waals surface area contributed by atoms with Crippen molar-refractivity contribution in [2.24, 2.45) is 0 Å². The highest BCUT2D eigenvalue weighted by Crippen LogP contribution is 2.32. The van der Waals surface area contributed by atoms with Gasteiger partial charge in [-0.3, -0.25) is 9.59 Å². The van der Waals surface area contributed by atoms with Crippen LogP contribution in [0.2, 0.25) is 0 Å². The molecule has 4 rings (SSSR count). The van der Waals surface area contributed by atoms with E-state index in [1.807, 2.05) is 30.3 Å². The summed E-state index contributed by atoms with van der Waals surface area (Å²) >= 11 is 0. The Morgan fingerprint density at radius 1 is 1.00 bits per heavy atom. The molecule has 3 aromatic rings. The number of Topliss-reactive ketones (excluding diaryl/α,β-unsaturated/α-hetero) is 1. The third kappa shape index (κ3) is 4.35. The summed E-state index contributed by atoms with van der Waals surface area (Å²) in [6.07, 6.45) is 1.58. The molecule has 0 bridgehead atoms. The van der Waals surface area contributed by atoms with Crippen LogP contribution in [0, 0.1) is 0 Å². The van der Waals surface area contributed by atoms with E-state index in [4.69, 9.17) is 9.47 Å². The van der Waals surface area contributed by atoms with Crippen molar-refractivity contribution < 1.29 is 19.1 Å². The van der Waals surface area contributed by atoms with Crippen molar-refractivity contribution in [3.8, 4) is 11.5 Å². The maximum Gasteiger partial charge on any atom is 0.270 e. The SMILES string of the molecule is CC(=O)c1cccc(Nc2ccc(C(=O)NCc3ccc4c(c3)OCO4)nc2)c1. The molecule has 1 amide bonds. The number of hydrogen-bond acceptors (Lipinski definition) is 6. The minimum Gasteiger partial charge on any atom is -0.454 e. The van der Waals surface area contributed by atoms with Crippen LogP contribution in [-0.2, 0) is 6.54 Å². The molecule has 7 heteroatoms. The van der Waals surface area contributed by atoms with E-state index in [2.05, 4.69) is 15.6 Å². The summed E-state index contributed by atoms with van der Waals surface area (Å²) in [5.74, 6) is 1.12. The number of amides is 1. The normalized spacial score (nSPS) is 11.8. The number of ether oxygens (including phenoxy) is 2. The molecule has 0 aliphatic carbocycles. The first-order valence-corrected chi connectivity index (χ1v) is 9.09. The van der Waals surface area contributed by atoms with E-state index in [1.165, 1.54) is 6.92 Å². The first kappa shape index (κ1) is 18.5. The molecule has 0 saturated carbocycles. The van der Waals surface area contributed by atoms with Crippen LogP contribution in [0.3, 0.4) is 0 Å². The van der Waals surface area contributed by atoms with Crippen LogP contribution < -0.4 is 20.1 Å². The lowest BCUT2D eigenvalue weighted by atomic mass is 10.1. The van der Waals surface area contributed by atoms with Gasteiger partial charge in [-0.15, -0.1) is 0 Å². The van der Waals surface area contributed by atoms with Gasteiger partial charge in [0.25, 0.3) is 5.91 Å². The summed E-state index contributed by atoms with van der Waals surface area (Å²) in [6.45, 7) is 2.10. The van der Waals surface area contributed by atoms with E-state index in [9.17, 15) is 9.59 Å². The van der Waals surface area contributed by atoms with Gasteiger partial charge in [-0.2, -0.15) is 0 Å². The number of nitrogens with one attached hydrogen (secondary N) is 2.